The number of rotatable bonds is 3. The molecule has 1 atom stereocenters. The summed E-state index contributed by atoms with van der Waals surface area (Å²) in [5, 5.41) is 9.41. The highest BCUT2D eigenvalue weighted by Gasteiger charge is 2.41. The Labute approximate surface area is 162 Å². The van der Waals surface area contributed by atoms with Crippen molar-refractivity contribution in [1.82, 2.24) is 9.80 Å². The highest BCUT2D eigenvalue weighted by Crippen LogP contribution is 2.32. The van der Waals surface area contributed by atoms with Gasteiger partial charge in [-0.1, -0.05) is 0 Å². The van der Waals surface area contributed by atoms with Crippen LogP contribution in [-0.4, -0.2) is 58.9 Å². The van der Waals surface area contributed by atoms with Crippen molar-refractivity contribution in [2.75, 3.05) is 26.2 Å². The standard InChI is InChI=1S/C20H24F2N2O4/c1-20(19(27)28)7-2-8-24(12-20)17(25)13-5-9-23(10-6-13)18(26)15-4-3-14(21)11-16(15)22/h3-4,11,13H,2,5-10,12H2,1H3,(H,27,28). The number of piperidine rings is 2. The molecule has 28 heavy (non-hydrogen) atoms. The van der Waals surface area contributed by atoms with Crippen molar-refractivity contribution in [3.05, 3.63) is 35.4 Å². The second kappa shape index (κ2) is 7.85. The van der Waals surface area contributed by atoms with Crippen molar-refractivity contribution in [2.45, 2.75) is 32.6 Å². The number of amides is 2. The van der Waals surface area contributed by atoms with Gasteiger partial charge in [0.2, 0.25) is 5.91 Å². The van der Waals surface area contributed by atoms with Gasteiger partial charge in [0.05, 0.1) is 11.0 Å². The van der Waals surface area contributed by atoms with E-state index in [1.165, 1.54) is 4.90 Å². The summed E-state index contributed by atoms with van der Waals surface area (Å²) in [5.41, 5.74) is -1.11. The van der Waals surface area contributed by atoms with E-state index in [0.717, 1.165) is 12.1 Å². The average molecular weight is 394 g/mol. The van der Waals surface area contributed by atoms with Gasteiger partial charge in [-0.3, -0.25) is 14.4 Å². The van der Waals surface area contributed by atoms with Gasteiger partial charge in [-0.15, -0.1) is 0 Å². The molecule has 0 bridgehead atoms. The molecule has 0 aliphatic carbocycles. The van der Waals surface area contributed by atoms with E-state index in [2.05, 4.69) is 0 Å². The monoisotopic (exact) mass is 394 g/mol. The van der Waals surface area contributed by atoms with E-state index < -0.39 is 28.9 Å². The molecule has 8 heteroatoms. The molecule has 3 rings (SSSR count). The average Bonchev–Trinajstić information content (AvgIpc) is 2.67. The molecule has 2 heterocycles. The summed E-state index contributed by atoms with van der Waals surface area (Å²) in [6.45, 7) is 3.00. The maximum absolute atomic E-state index is 13.8. The topological polar surface area (TPSA) is 77.9 Å². The summed E-state index contributed by atoms with van der Waals surface area (Å²) in [6, 6.07) is 2.85. The van der Waals surface area contributed by atoms with Crippen molar-refractivity contribution in [3.8, 4) is 0 Å². The molecule has 1 N–H and O–H groups in total. The molecule has 2 fully saturated rings. The number of carbonyl (C=O) groups is 3. The number of likely N-dealkylation sites (tertiary alicyclic amines) is 2. The Morgan fingerprint density at radius 3 is 2.39 bits per heavy atom. The first kappa shape index (κ1) is 20.2. The molecular weight excluding hydrogens is 370 g/mol. The minimum Gasteiger partial charge on any atom is -0.481 e. The predicted molar refractivity (Wildman–Crippen MR) is 96.5 cm³/mol. The number of hydrogen-bond acceptors (Lipinski definition) is 3. The zero-order valence-corrected chi connectivity index (χ0v) is 15.8. The first-order valence-electron chi connectivity index (χ1n) is 9.48. The van der Waals surface area contributed by atoms with Crippen molar-refractivity contribution < 1.29 is 28.3 Å². The predicted octanol–water partition coefficient (Wildman–Crippen LogP) is 2.53. The Morgan fingerprint density at radius 2 is 1.79 bits per heavy atom. The van der Waals surface area contributed by atoms with Crippen molar-refractivity contribution >= 4 is 17.8 Å². The Kier molecular flexibility index (Phi) is 5.67. The molecule has 1 aromatic rings. The van der Waals surface area contributed by atoms with Crippen LogP contribution >= 0.6 is 0 Å². The minimum absolute atomic E-state index is 0.0766. The van der Waals surface area contributed by atoms with Crippen LogP contribution in [0.3, 0.4) is 0 Å². The van der Waals surface area contributed by atoms with E-state index in [9.17, 15) is 28.3 Å². The molecule has 152 valence electrons. The van der Waals surface area contributed by atoms with Crippen LogP contribution < -0.4 is 0 Å². The Balaban J connectivity index is 1.59. The largest absolute Gasteiger partial charge is 0.481 e. The molecule has 1 aromatic carbocycles. The van der Waals surface area contributed by atoms with E-state index in [0.29, 0.717) is 51.4 Å². The van der Waals surface area contributed by atoms with Crippen LogP contribution in [0.15, 0.2) is 18.2 Å². The molecule has 0 aromatic heterocycles. The number of nitrogens with zero attached hydrogens (tertiary/aromatic N) is 2. The maximum atomic E-state index is 13.8. The third-order valence-corrected chi connectivity index (χ3v) is 5.82. The van der Waals surface area contributed by atoms with Crippen LogP contribution in [0.25, 0.3) is 0 Å². The van der Waals surface area contributed by atoms with Gasteiger partial charge in [-0.25, -0.2) is 8.78 Å². The normalized spacial score (nSPS) is 23.5. The van der Waals surface area contributed by atoms with Crippen molar-refractivity contribution in [3.63, 3.8) is 0 Å². The summed E-state index contributed by atoms with van der Waals surface area (Å²) in [5.74, 6) is -3.41. The number of carbonyl (C=O) groups excluding carboxylic acids is 2. The lowest BCUT2D eigenvalue weighted by Crippen LogP contribution is -2.51. The Hall–Kier alpha value is -2.51. The lowest BCUT2D eigenvalue weighted by Gasteiger charge is -2.40. The quantitative estimate of drug-likeness (QED) is 0.855. The van der Waals surface area contributed by atoms with Gasteiger partial charge in [0.25, 0.3) is 5.91 Å². The van der Waals surface area contributed by atoms with E-state index in [-0.39, 0.29) is 23.9 Å². The number of carboxylic acid groups (broad SMARTS) is 1. The minimum atomic E-state index is -0.926. The molecule has 0 spiro atoms. The van der Waals surface area contributed by atoms with E-state index in [1.807, 2.05) is 0 Å². The van der Waals surface area contributed by atoms with Crippen LogP contribution in [0.4, 0.5) is 8.78 Å². The van der Waals surface area contributed by atoms with Gasteiger partial charge in [0.1, 0.15) is 11.6 Å². The van der Waals surface area contributed by atoms with Crippen molar-refractivity contribution in [2.24, 2.45) is 11.3 Å². The summed E-state index contributed by atoms with van der Waals surface area (Å²) >= 11 is 0. The van der Waals surface area contributed by atoms with E-state index in [1.54, 1.807) is 11.8 Å². The van der Waals surface area contributed by atoms with Gasteiger partial charge >= 0.3 is 5.97 Å². The molecule has 2 aliphatic rings. The number of halogens is 2. The third kappa shape index (κ3) is 4.00. The van der Waals surface area contributed by atoms with Crippen molar-refractivity contribution in [1.29, 1.82) is 0 Å². The summed E-state index contributed by atoms with van der Waals surface area (Å²) in [4.78, 5) is 39.9. The number of carboxylic acids is 1. The fourth-order valence-corrected chi connectivity index (χ4v) is 4.02. The van der Waals surface area contributed by atoms with Crippen LogP contribution in [0.1, 0.15) is 43.0 Å². The van der Waals surface area contributed by atoms with E-state index >= 15 is 0 Å². The lowest BCUT2D eigenvalue weighted by molar-refractivity contribution is -0.154. The smallest absolute Gasteiger partial charge is 0.311 e. The lowest BCUT2D eigenvalue weighted by atomic mass is 9.81. The van der Waals surface area contributed by atoms with Crippen LogP contribution in [0.2, 0.25) is 0 Å². The Morgan fingerprint density at radius 1 is 1.11 bits per heavy atom. The number of hydrogen-bond donors (Lipinski definition) is 1. The van der Waals surface area contributed by atoms with E-state index in [4.69, 9.17) is 0 Å². The van der Waals surface area contributed by atoms with Gasteiger partial charge in [-0.2, -0.15) is 0 Å². The first-order chi connectivity index (χ1) is 13.2. The fourth-order valence-electron chi connectivity index (χ4n) is 4.02. The molecule has 2 saturated heterocycles. The number of benzene rings is 1. The summed E-state index contributed by atoms with van der Waals surface area (Å²) in [7, 11) is 0. The molecule has 2 aliphatic heterocycles. The molecule has 1 unspecified atom stereocenters. The summed E-state index contributed by atoms with van der Waals surface area (Å²) in [6.07, 6.45) is 2.07. The fraction of sp³-hybridized carbons (Fsp3) is 0.550. The van der Waals surface area contributed by atoms with Gasteiger partial charge < -0.3 is 14.9 Å². The molecule has 2 amide bonds. The third-order valence-electron chi connectivity index (χ3n) is 5.82. The highest BCUT2D eigenvalue weighted by molar-refractivity contribution is 5.94. The van der Waals surface area contributed by atoms with Crippen LogP contribution in [0, 0.1) is 23.0 Å². The molecule has 6 nitrogen and oxygen atoms in total. The first-order valence-corrected chi connectivity index (χ1v) is 9.48. The van der Waals surface area contributed by atoms with Gasteiger partial charge in [-0.05, 0) is 44.7 Å². The second-order valence-corrected chi connectivity index (χ2v) is 7.92. The van der Waals surface area contributed by atoms with Gasteiger partial charge in [0, 0.05) is 38.2 Å². The second-order valence-electron chi connectivity index (χ2n) is 7.92. The van der Waals surface area contributed by atoms with Crippen LogP contribution in [-0.2, 0) is 9.59 Å². The molecule has 0 radical (unpaired) electrons. The maximum Gasteiger partial charge on any atom is 0.311 e. The highest BCUT2D eigenvalue weighted by atomic mass is 19.1. The zero-order valence-electron chi connectivity index (χ0n) is 15.8. The molecular formula is C20H24F2N2O4. The zero-order chi connectivity index (χ0) is 20.5. The number of aliphatic carboxylic acids is 1. The molecule has 0 saturated carbocycles. The Bertz CT molecular complexity index is 792. The van der Waals surface area contributed by atoms with Gasteiger partial charge in [0.15, 0.2) is 0 Å². The SMILES string of the molecule is CC1(C(=O)O)CCCN(C(=O)C2CCN(C(=O)c3ccc(F)cc3F)CC2)C1. The van der Waals surface area contributed by atoms with Crippen LogP contribution in [0.5, 0.6) is 0 Å². The summed E-state index contributed by atoms with van der Waals surface area (Å²) < 4.78 is 26.9.